The first-order valence-electron chi connectivity index (χ1n) is 8.95. The van der Waals surface area contributed by atoms with Gasteiger partial charge in [0.1, 0.15) is 5.82 Å². The molecule has 0 spiro atoms. The number of hydrogen-bond donors (Lipinski definition) is 1. The molecular weight excluding hydrogens is 294 g/mol. The Morgan fingerprint density at radius 3 is 2.61 bits per heavy atom. The molecule has 0 unspecified atom stereocenters. The van der Waals surface area contributed by atoms with Crippen LogP contribution >= 0.6 is 0 Å². The summed E-state index contributed by atoms with van der Waals surface area (Å²) in [5.41, 5.74) is 0. The molecule has 2 aliphatic rings. The molecule has 1 saturated carbocycles. The van der Waals surface area contributed by atoms with E-state index >= 15 is 0 Å². The number of nitrogens with zero attached hydrogens (tertiary/aromatic N) is 3. The molecule has 0 radical (unpaired) electrons. The van der Waals surface area contributed by atoms with E-state index in [1.165, 1.54) is 32.1 Å². The molecule has 0 aromatic carbocycles. The zero-order valence-corrected chi connectivity index (χ0v) is 13.7. The van der Waals surface area contributed by atoms with E-state index in [0.29, 0.717) is 18.3 Å². The highest BCUT2D eigenvalue weighted by Crippen LogP contribution is 2.27. The van der Waals surface area contributed by atoms with Crippen molar-refractivity contribution in [1.82, 2.24) is 14.8 Å². The Balaban J connectivity index is 1.73. The molecule has 0 amide bonds. The molecular formula is C17H27N3O3. The number of aromatic nitrogens is 3. The molecule has 1 N–H and O–H groups in total. The fraction of sp³-hybridized carbons (Fsp3) is 0.824. The fourth-order valence-electron chi connectivity index (χ4n) is 3.69. The van der Waals surface area contributed by atoms with E-state index in [0.717, 1.165) is 44.2 Å². The van der Waals surface area contributed by atoms with Crippen molar-refractivity contribution in [2.45, 2.75) is 70.3 Å². The van der Waals surface area contributed by atoms with E-state index < -0.39 is 5.97 Å². The van der Waals surface area contributed by atoms with E-state index in [2.05, 4.69) is 0 Å². The maximum absolute atomic E-state index is 10.9. The van der Waals surface area contributed by atoms with Gasteiger partial charge in [0.15, 0.2) is 5.82 Å². The number of carboxylic acids is 1. The van der Waals surface area contributed by atoms with Crippen LogP contribution in [0.5, 0.6) is 0 Å². The van der Waals surface area contributed by atoms with Crippen LogP contribution in [0.25, 0.3) is 0 Å². The Labute approximate surface area is 137 Å². The van der Waals surface area contributed by atoms with Gasteiger partial charge in [0.25, 0.3) is 0 Å². The molecule has 1 saturated heterocycles. The summed E-state index contributed by atoms with van der Waals surface area (Å²) >= 11 is 0. The van der Waals surface area contributed by atoms with Crippen molar-refractivity contribution < 1.29 is 14.6 Å². The smallest absolute Gasteiger partial charge is 0.303 e. The third kappa shape index (κ3) is 4.53. The van der Waals surface area contributed by atoms with Gasteiger partial charge in [-0.3, -0.25) is 4.79 Å². The second-order valence-electron chi connectivity index (χ2n) is 6.85. The van der Waals surface area contributed by atoms with Crippen LogP contribution in [0.1, 0.15) is 68.9 Å². The highest BCUT2D eigenvalue weighted by Gasteiger charge is 2.23. The molecule has 1 aromatic rings. The van der Waals surface area contributed by atoms with Crippen LogP contribution in [-0.4, -0.2) is 39.1 Å². The van der Waals surface area contributed by atoms with Crippen LogP contribution in [0.4, 0.5) is 0 Å². The summed E-state index contributed by atoms with van der Waals surface area (Å²) in [5, 5.41) is 13.7. The number of ether oxygens (including phenoxy) is 1. The zero-order chi connectivity index (χ0) is 16.1. The number of rotatable bonds is 6. The first-order valence-corrected chi connectivity index (χ1v) is 8.95. The molecule has 0 bridgehead atoms. The van der Waals surface area contributed by atoms with E-state index in [1.807, 2.05) is 4.68 Å². The second-order valence-corrected chi connectivity index (χ2v) is 6.85. The lowest BCUT2D eigenvalue weighted by Crippen LogP contribution is -2.18. The van der Waals surface area contributed by atoms with Gasteiger partial charge in [-0.05, 0) is 31.6 Å². The second kappa shape index (κ2) is 7.90. The van der Waals surface area contributed by atoms with Crippen LogP contribution in [0.2, 0.25) is 0 Å². The largest absolute Gasteiger partial charge is 0.481 e. The van der Waals surface area contributed by atoms with Gasteiger partial charge in [0.05, 0.1) is 6.42 Å². The highest BCUT2D eigenvalue weighted by molar-refractivity contribution is 5.66. The predicted molar refractivity (Wildman–Crippen MR) is 85.3 cm³/mol. The first kappa shape index (κ1) is 16.4. The molecule has 2 heterocycles. The number of aryl methyl sites for hydroxylation is 1. The van der Waals surface area contributed by atoms with Gasteiger partial charge in [0, 0.05) is 32.1 Å². The highest BCUT2D eigenvalue weighted by atomic mass is 16.5. The Bertz CT molecular complexity index is 517. The average molecular weight is 321 g/mol. The molecule has 1 aliphatic carbocycles. The number of hydrogen-bond acceptors (Lipinski definition) is 4. The number of carbonyl (C=O) groups is 1. The van der Waals surface area contributed by atoms with Crippen LogP contribution in [-0.2, 0) is 22.5 Å². The molecule has 1 aromatic heterocycles. The number of aliphatic carboxylic acids is 1. The average Bonchev–Trinajstić information content (AvgIpc) is 2.97. The normalized spacial score (nSPS) is 20.7. The molecule has 23 heavy (non-hydrogen) atoms. The molecule has 6 nitrogen and oxygen atoms in total. The molecule has 2 fully saturated rings. The van der Waals surface area contributed by atoms with Crippen molar-refractivity contribution in [3.05, 3.63) is 11.6 Å². The van der Waals surface area contributed by atoms with E-state index in [4.69, 9.17) is 19.9 Å². The van der Waals surface area contributed by atoms with E-state index in [-0.39, 0.29) is 6.42 Å². The third-order valence-electron chi connectivity index (χ3n) is 5.07. The van der Waals surface area contributed by atoms with E-state index in [1.54, 1.807) is 0 Å². The minimum Gasteiger partial charge on any atom is -0.481 e. The first-order chi connectivity index (χ1) is 11.2. The van der Waals surface area contributed by atoms with Crippen molar-refractivity contribution in [2.75, 3.05) is 13.2 Å². The minimum absolute atomic E-state index is 0.122. The summed E-state index contributed by atoms with van der Waals surface area (Å²) in [4.78, 5) is 15.6. The lowest BCUT2D eigenvalue weighted by molar-refractivity contribution is -0.137. The Morgan fingerprint density at radius 1 is 1.17 bits per heavy atom. The summed E-state index contributed by atoms with van der Waals surface area (Å²) in [5.74, 6) is 1.99. The SMILES string of the molecule is O=C(O)CCc1nc(C2CCOCC2)nn1CC1CCCCC1. The summed E-state index contributed by atoms with van der Waals surface area (Å²) in [6, 6.07) is 0. The zero-order valence-electron chi connectivity index (χ0n) is 13.7. The monoisotopic (exact) mass is 321 g/mol. The molecule has 3 rings (SSSR count). The summed E-state index contributed by atoms with van der Waals surface area (Å²) in [6.07, 6.45) is 8.97. The van der Waals surface area contributed by atoms with Gasteiger partial charge < -0.3 is 9.84 Å². The maximum atomic E-state index is 10.9. The Hall–Kier alpha value is -1.43. The lowest BCUT2D eigenvalue weighted by atomic mass is 9.89. The number of carboxylic acid groups (broad SMARTS) is 1. The quantitative estimate of drug-likeness (QED) is 0.872. The third-order valence-corrected chi connectivity index (χ3v) is 5.07. The van der Waals surface area contributed by atoms with Gasteiger partial charge in [-0.25, -0.2) is 9.67 Å². The van der Waals surface area contributed by atoms with Crippen molar-refractivity contribution in [3.8, 4) is 0 Å². The summed E-state index contributed by atoms with van der Waals surface area (Å²) < 4.78 is 7.42. The van der Waals surface area contributed by atoms with Crippen molar-refractivity contribution in [1.29, 1.82) is 0 Å². The van der Waals surface area contributed by atoms with Gasteiger partial charge in [-0.15, -0.1) is 0 Å². The predicted octanol–water partition coefficient (Wildman–Crippen LogP) is 2.77. The summed E-state index contributed by atoms with van der Waals surface area (Å²) in [7, 11) is 0. The van der Waals surface area contributed by atoms with Crippen LogP contribution in [0, 0.1) is 5.92 Å². The molecule has 128 valence electrons. The van der Waals surface area contributed by atoms with Crippen LogP contribution < -0.4 is 0 Å². The molecule has 0 atom stereocenters. The van der Waals surface area contributed by atoms with Gasteiger partial charge in [0.2, 0.25) is 0 Å². The summed E-state index contributed by atoms with van der Waals surface area (Å²) in [6.45, 7) is 2.43. The van der Waals surface area contributed by atoms with Gasteiger partial charge >= 0.3 is 5.97 Å². The molecule has 6 heteroatoms. The topological polar surface area (TPSA) is 77.2 Å². The lowest BCUT2D eigenvalue weighted by Gasteiger charge is -2.22. The maximum Gasteiger partial charge on any atom is 0.303 e. The van der Waals surface area contributed by atoms with Crippen molar-refractivity contribution in [3.63, 3.8) is 0 Å². The van der Waals surface area contributed by atoms with Crippen LogP contribution in [0.15, 0.2) is 0 Å². The standard InChI is InChI=1S/C17H27N3O3/c21-16(22)7-6-15-18-17(14-8-10-23-11-9-14)19-20(15)12-13-4-2-1-3-5-13/h13-14H,1-12H2,(H,21,22). The molecule has 1 aliphatic heterocycles. The van der Waals surface area contributed by atoms with Gasteiger partial charge in [-0.2, -0.15) is 5.10 Å². The van der Waals surface area contributed by atoms with E-state index in [9.17, 15) is 4.79 Å². The van der Waals surface area contributed by atoms with Crippen molar-refractivity contribution in [2.24, 2.45) is 5.92 Å². The Morgan fingerprint density at radius 2 is 1.91 bits per heavy atom. The Kier molecular flexibility index (Phi) is 5.65. The minimum atomic E-state index is -0.773. The van der Waals surface area contributed by atoms with Crippen LogP contribution in [0.3, 0.4) is 0 Å². The fourth-order valence-corrected chi connectivity index (χ4v) is 3.69. The van der Waals surface area contributed by atoms with Crippen molar-refractivity contribution >= 4 is 5.97 Å². The van der Waals surface area contributed by atoms with Gasteiger partial charge in [-0.1, -0.05) is 19.3 Å².